The zero-order valence-corrected chi connectivity index (χ0v) is 14.0. The molecule has 2 aromatic rings. The van der Waals surface area contributed by atoms with Gasteiger partial charge in [-0.15, -0.1) is 0 Å². The van der Waals surface area contributed by atoms with E-state index in [9.17, 15) is 9.59 Å². The minimum absolute atomic E-state index is 0.0109. The fourth-order valence-corrected chi connectivity index (χ4v) is 2.58. The van der Waals surface area contributed by atoms with Gasteiger partial charge in [0.1, 0.15) is 0 Å². The van der Waals surface area contributed by atoms with Crippen molar-refractivity contribution in [1.82, 2.24) is 5.32 Å². The van der Waals surface area contributed by atoms with Crippen molar-refractivity contribution in [3.63, 3.8) is 0 Å². The van der Waals surface area contributed by atoms with E-state index in [1.54, 1.807) is 12.1 Å². The first-order chi connectivity index (χ1) is 11.5. The summed E-state index contributed by atoms with van der Waals surface area (Å²) in [5.41, 5.74) is 1.95. The number of aryl methyl sites for hydroxylation is 1. The van der Waals surface area contributed by atoms with E-state index in [-0.39, 0.29) is 18.4 Å². The van der Waals surface area contributed by atoms with Crippen molar-refractivity contribution >= 4 is 23.5 Å². The predicted octanol–water partition coefficient (Wildman–Crippen LogP) is 3.99. The van der Waals surface area contributed by atoms with E-state index in [1.807, 2.05) is 42.5 Å². The van der Waals surface area contributed by atoms with Crippen LogP contribution in [0.2, 0.25) is 5.02 Å². The zero-order chi connectivity index (χ0) is 17.4. The lowest BCUT2D eigenvalue weighted by atomic mass is 10.0. The minimum atomic E-state index is -0.869. The molecule has 2 rings (SSSR count). The highest BCUT2D eigenvalue weighted by molar-refractivity contribution is 6.30. The molecule has 5 heteroatoms. The van der Waals surface area contributed by atoms with E-state index in [0.29, 0.717) is 24.3 Å². The first-order valence-corrected chi connectivity index (χ1v) is 8.23. The number of benzene rings is 2. The van der Waals surface area contributed by atoms with Crippen LogP contribution in [0.1, 0.15) is 36.4 Å². The summed E-state index contributed by atoms with van der Waals surface area (Å²) in [5, 5.41) is 12.5. The quantitative estimate of drug-likeness (QED) is 0.760. The van der Waals surface area contributed by atoms with E-state index in [4.69, 9.17) is 16.7 Å². The van der Waals surface area contributed by atoms with Crippen molar-refractivity contribution < 1.29 is 14.7 Å². The molecule has 24 heavy (non-hydrogen) atoms. The highest BCUT2D eigenvalue weighted by atomic mass is 35.5. The lowest BCUT2D eigenvalue weighted by molar-refractivity contribution is -0.137. The molecule has 4 nitrogen and oxygen atoms in total. The molecule has 0 saturated heterocycles. The van der Waals surface area contributed by atoms with E-state index in [0.717, 1.165) is 11.1 Å². The highest BCUT2D eigenvalue weighted by Gasteiger charge is 2.15. The van der Waals surface area contributed by atoms with E-state index < -0.39 is 5.97 Å². The van der Waals surface area contributed by atoms with Crippen LogP contribution in [0.15, 0.2) is 54.6 Å². The first-order valence-electron chi connectivity index (χ1n) is 7.85. The van der Waals surface area contributed by atoms with E-state index >= 15 is 0 Å². The maximum Gasteiger partial charge on any atom is 0.303 e. The van der Waals surface area contributed by atoms with Gasteiger partial charge in [-0.2, -0.15) is 0 Å². The van der Waals surface area contributed by atoms with Crippen LogP contribution in [-0.4, -0.2) is 17.0 Å². The molecule has 2 N–H and O–H groups in total. The standard InChI is InChI=1S/C19H20ClNO3/c20-16-9-6-14(7-10-16)8-12-18(22)21-17(11-13-19(23)24)15-4-2-1-3-5-15/h1-7,9-10,17H,8,11-13H2,(H,21,22)(H,23,24). The number of halogens is 1. The van der Waals surface area contributed by atoms with E-state index in [1.165, 1.54) is 0 Å². The van der Waals surface area contributed by atoms with Crippen molar-refractivity contribution in [3.05, 3.63) is 70.7 Å². The van der Waals surface area contributed by atoms with Gasteiger partial charge in [0, 0.05) is 17.9 Å². The summed E-state index contributed by atoms with van der Waals surface area (Å²) in [6.45, 7) is 0. The molecule has 0 aliphatic heterocycles. The summed E-state index contributed by atoms with van der Waals surface area (Å²) in [5.74, 6) is -0.962. The third kappa shape index (κ3) is 6.05. The number of hydrogen-bond acceptors (Lipinski definition) is 2. The summed E-state index contributed by atoms with van der Waals surface area (Å²) >= 11 is 5.84. The van der Waals surface area contributed by atoms with E-state index in [2.05, 4.69) is 5.32 Å². The zero-order valence-electron chi connectivity index (χ0n) is 13.2. The van der Waals surface area contributed by atoms with Gasteiger partial charge < -0.3 is 10.4 Å². The number of carbonyl (C=O) groups excluding carboxylic acids is 1. The Kier molecular flexibility index (Phi) is 6.82. The first kappa shape index (κ1) is 18.0. The number of rotatable bonds is 8. The van der Waals surface area contributed by atoms with Crippen molar-refractivity contribution in [3.8, 4) is 0 Å². The summed E-state index contributed by atoms with van der Waals surface area (Å²) in [6.07, 6.45) is 1.34. The van der Waals surface area contributed by atoms with Crippen LogP contribution in [0.4, 0.5) is 0 Å². The van der Waals surface area contributed by atoms with Crippen LogP contribution < -0.4 is 5.32 Å². The van der Waals surface area contributed by atoms with Crippen molar-refractivity contribution in [1.29, 1.82) is 0 Å². The molecule has 0 aromatic heterocycles. The number of aliphatic carboxylic acids is 1. The molecule has 0 heterocycles. The number of carboxylic acids is 1. The Morgan fingerprint density at radius 2 is 1.67 bits per heavy atom. The smallest absolute Gasteiger partial charge is 0.303 e. The van der Waals surface area contributed by atoms with Gasteiger partial charge in [0.15, 0.2) is 0 Å². The number of nitrogens with one attached hydrogen (secondary N) is 1. The molecular formula is C19H20ClNO3. The Morgan fingerprint density at radius 3 is 2.29 bits per heavy atom. The Morgan fingerprint density at radius 1 is 1.00 bits per heavy atom. The Hall–Kier alpha value is -2.33. The molecule has 0 bridgehead atoms. The van der Waals surface area contributed by atoms with Gasteiger partial charge in [0.25, 0.3) is 0 Å². The Balaban J connectivity index is 1.93. The van der Waals surface area contributed by atoms with Crippen LogP contribution in [0.25, 0.3) is 0 Å². The van der Waals surface area contributed by atoms with Crippen molar-refractivity contribution in [2.24, 2.45) is 0 Å². The number of carboxylic acid groups (broad SMARTS) is 1. The van der Waals surface area contributed by atoms with Gasteiger partial charge in [0.05, 0.1) is 6.04 Å². The Labute approximate surface area is 146 Å². The third-order valence-corrected chi connectivity index (χ3v) is 3.99. The van der Waals surface area contributed by atoms with Gasteiger partial charge >= 0.3 is 5.97 Å². The largest absolute Gasteiger partial charge is 0.481 e. The maximum atomic E-state index is 12.2. The summed E-state index contributed by atoms with van der Waals surface area (Å²) < 4.78 is 0. The average Bonchev–Trinajstić information content (AvgIpc) is 2.58. The lowest BCUT2D eigenvalue weighted by Crippen LogP contribution is -2.29. The second-order valence-electron chi connectivity index (χ2n) is 5.59. The predicted molar refractivity (Wildman–Crippen MR) is 94.0 cm³/mol. The van der Waals surface area contributed by atoms with Gasteiger partial charge in [0.2, 0.25) is 5.91 Å². The number of amides is 1. The van der Waals surface area contributed by atoms with Crippen molar-refractivity contribution in [2.45, 2.75) is 31.7 Å². The summed E-state index contributed by atoms with van der Waals surface area (Å²) in [4.78, 5) is 23.1. The highest BCUT2D eigenvalue weighted by Crippen LogP contribution is 2.19. The van der Waals surface area contributed by atoms with Gasteiger partial charge in [-0.3, -0.25) is 9.59 Å². The molecule has 0 aliphatic carbocycles. The van der Waals surface area contributed by atoms with Crippen LogP contribution in [0, 0.1) is 0 Å². The maximum absolute atomic E-state index is 12.2. The van der Waals surface area contributed by atoms with Crippen LogP contribution in [0.5, 0.6) is 0 Å². The molecule has 0 saturated carbocycles. The molecule has 0 radical (unpaired) electrons. The van der Waals surface area contributed by atoms with Crippen LogP contribution in [-0.2, 0) is 16.0 Å². The lowest BCUT2D eigenvalue weighted by Gasteiger charge is -2.18. The molecule has 126 valence electrons. The molecule has 0 fully saturated rings. The topological polar surface area (TPSA) is 66.4 Å². The van der Waals surface area contributed by atoms with Crippen molar-refractivity contribution in [2.75, 3.05) is 0 Å². The van der Waals surface area contributed by atoms with Gasteiger partial charge in [-0.1, -0.05) is 54.1 Å². The normalized spacial score (nSPS) is 11.7. The fourth-order valence-electron chi connectivity index (χ4n) is 2.45. The molecule has 1 atom stereocenters. The molecule has 1 unspecified atom stereocenters. The third-order valence-electron chi connectivity index (χ3n) is 3.74. The minimum Gasteiger partial charge on any atom is -0.481 e. The molecule has 2 aromatic carbocycles. The molecule has 0 aliphatic rings. The fraction of sp³-hybridized carbons (Fsp3) is 0.263. The summed E-state index contributed by atoms with van der Waals surface area (Å²) in [6, 6.07) is 16.5. The van der Waals surface area contributed by atoms with Crippen LogP contribution >= 0.6 is 11.6 Å². The van der Waals surface area contributed by atoms with Gasteiger partial charge in [-0.05, 0) is 36.1 Å². The second-order valence-corrected chi connectivity index (χ2v) is 6.03. The SMILES string of the molecule is O=C(O)CCC(NC(=O)CCc1ccc(Cl)cc1)c1ccccc1. The molecular weight excluding hydrogens is 326 g/mol. The van der Waals surface area contributed by atoms with Crippen LogP contribution in [0.3, 0.4) is 0 Å². The molecule has 0 spiro atoms. The number of hydrogen-bond donors (Lipinski definition) is 2. The van der Waals surface area contributed by atoms with Gasteiger partial charge in [-0.25, -0.2) is 0 Å². The Bertz CT molecular complexity index is 671. The number of carbonyl (C=O) groups is 2. The summed E-state index contributed by atoms with van der Waals surface area (Å²) in [7, 11) is 0. The monoisotopic (exact) mass is 345 g/mol. The average molecular weight is 346 g/mol. The molecule has 1 amide bonds. The second kappa shape index (κ2) is 9.08.